The predicted molar refractivity (Wildman–Crippen MR) is 106 cm³/mol. The van der Waals surface area contributed by atoms with E-state index in [0.717, 1.165) is 18.1 Å². The maximum absolute atomic E-state index is 13.5. The van der Waals surface area contributed by atoms with Gasteiger partial charge in [-0.25, -0.2) is 0 Å². The normalized spacial score (nSPS) is 12.9. The van der Waals surface area contributed by atoms with E-state index >= 15 is 0 Å². The van der Waals surface area contributed by atoms with Crippen LogP contribution in [0.1, 0.15) is 31.9 Å². The number of benzene rings is 2. The fraction of sp³-hybridized carbons (Fsp3) is 0.364. The van der Waals surface area contributed by atoms with Gasteiger partial charge < -0.3 is 14.4 Å². The number of halogens is 3. The monoisotopic (exact) mass is 420 g/mol. The summed E-state index contributed by atoms with van der Waals surface area (Å²) in [5, 5.41) is 13.0. The highest BCUT2D eigenvalue weighted by Gasteiger charge is 2.35. The third kappa shape index (κ3) is 5.18. The number of hydrogen-bond acceptors (Lipinski definition) is 5. The van der Waals surface area contributed by atoms with E-state index in [1.165, 1.54) is 12.1 Å². The summed E-state index contributed by atoms with van der Waals surface area (Å²) < 4.78 is 50.9. The van der Waals surface area contributed by atoms with Crippen molar-refractivity contribution >= 4 is 0 Å². The number of aliphatic hydroxyl groups excluding tert-OH is 1. The molecule has 0 aliphatic heterocycles. The van der Waals surface area contributed by atoms with Crippen LogP contribution in [0.15, 0.2) is 47.0 Å². The lowest BCUT2D eigenvalue weighted by Gasteiger charge is -2.16. The SMILES string of the molecule is CC(CO)Cc1ccc(-c2nc(-c3ccc(OC(C)C)c(C(F)(F)F)c3)no2)cc1. The molecular weight excluding hydrogens is 397 g/mol. The average molecular weight is 420 g/mol. The van der Waals surface area contributed by atoms with Gasteiger partial charge >= 0.3 is 6.18 Å². The van der Waals surface area contributed by atoms with Gasteiger partial charge in [0.25, 0.3) is 5.89 Å². The van der Waals surface area contributed by atoms with Gasteiger partial charge in [-0.1, -0.05) is 24.2 Å². The first-order chi connectivity index (χ1) is 14.2. The molecule has 3 rings (SSSR count). The third-order valence-electron chi connectivity index (χ3n) is 4.43. The van der Waals surface area contributed by atoms with Crippen molar-refractivity contribution in [3.05, 3.63) is 53.6 Å². The zero-order valence-corrected chi connectivity index (χ0v) is 16.9. The molecule has 1 aromatic heterocycles. The summed E-state index contributed by atoms with van der Waals surface area (Å²) in [6, 6.07) is 11.1. The molecule has 0 spiro atoms. The van der Waals surface area contributed by atoms with E-state index in [9.17, 15) is 13.2 Å². The number of alkyl halides is 3. The molecule has 0 saturated carbocycles. The summed E-state index contributed by atoms with van der Waals surface area (Å²) in [5.74, 6) is 0.182. The van der Waals surface area contributed by atoms with E-state index in [1.54, 1.807) is 26.0 Å². The van der Waals surface area contributed by atoms with Crippen LogP contribution in [0, 0.1) is 5.92 Å². The molecule has 160 valence electrons. The zero-order valence-electron chi connectivity index (χ0n) is 16.9. The lowest BCUT2D eigenvalue weighted by atomic mass is 10.0. The van der Waals surface area contributed by atoms with Crippen molar-refractivity contribution in [2.24, 2.45) is 5.92 Å². The van der Waals surface area contributed by atoms with E-state index in [-0.39, 0.29) is 35.6 Å². The molecule has 3 aromatic rings. The number of nitrogens with zero attached hydrogens (tertiary/aromatic N) is 2. The Morgan fingerprint density at radius 3 is 2.30 bits per heavy atom. The lowest BCUT2D eigenvalue weighted by Crippen LogP contribution is -2.13. The van der Waals surface area contributed by atoms with Crippen LogP contribution in [0.3, 0.4) is 0 Å². The Morgan fingerprint density at radius 2 is 1.70 bits per heavy atom. The average Bonchev–Trinajstić information content (AvgIpc) is 3.17. The molecule has 1 atom stereocenters. The van der Waals surface area contributed by atoms with Crippen LogP contribution in [-0.4, -0.2) is 28.0 Å². The molecule has 5 nitrogen and oxygen atoms in total. The van der Waals surface area contributed by atoms with Gasteiger partial charge in [0.15, 0.2) is 0 Å². The summed E-state index contributed by atoms with van der Waals surface area (Å²) in [5.41, 5.74) is 1.00. The fourth-order valence-electron chi connectivity index (χ4n) is 2.96. The van der Waals surface area contributed by atoms with Crippen LogP contribution < -0.4 is 4.74 Å². The number of aromatic nitrogens is 2. The summed E-state index contributed by atoms with van der Waals surface area (Å²) >= 11 is 0. The first-order valence-corrected chi connectivity index (χ1v) is 9.59. The third-order valence-corrected chi connectivity index (χ3v) is 4.43. The molecule has 8 heteroatoms. The van der Waals surface area contributed by atoms with Gasteiger partial charge in [-0.3, -0.25) is 0 Å². The smallest absolute Gasteiger partial charge is 0.419 e. The predicted octanol–water partition coefficient (Wildman–Crippen LogP) is 5.38. The Kier molecular flexibility index (Phi) is 6.45. The fourth-order valence-corrected chi connectivity index (χ4v) is 2.96. The topological polar surface area (TPSA) is 68.4 Å². The molecule has 0 aliphatic rings. The van der Waals surface area contributed by atoms with Crippen molar-refractivity contribution in [2.45, 2.75) is 39.5 Å². The highest BCUT2D eigenvalue weighted by Crippen LogP contribution is 2.39. The first-order valence-electron chi connectivity index (χ1n) is 9.59. The van der Waals surface area contributed by atoms with E-state index in [1.807, 2.05) is 19.1 Å². The molecule has 30 heavy (non-hydrogen) atoms. The van der Waals surface area contributed by atoms with Gasteiger partial charge in [0.2, 0.25) is 5.82 Å². The maximum Gasteiger partial charge on any atom is 0.419 e. The van der Waals surface area contributed by atoms with Crippen LogP contribution in [0.25, 0.3) is 22.8 Å². The highest BCUT2D eigenvalue weighted by atomic mass is 19.4. The van der Waals surface area contributed by atoms with Crippen LogP contribution in [0.4, 0.5) is 13.2 Å². The molecule has 1 N–H and O–H groups in total. The molecule has 0 aliphatic carbocycles. The number of hydrogen-bond donors (Lipinski definition) is 1. The summed E-state index contributed by atoms with van der Waals surface area (Å²) in [6.07, 6.45) is -4.23. The Hall–Kier alpha value is -2.87. The van der Waals surface area contributed by atoms with E-state index in [0.29, 0.717) is 5.56 Å². The molecule has 0 fully saturated rings. The van der Waals surface area contributed by atoms with Crippen molar-refractivity contribution in [3.8, 4) is 28.6 Å². The minimum Gasteiger partial charge on any atom is -0.490 e. The number of aliphatic hydroxyl groups is 1. The van der Waals surface area contributed by atoms with E-state index in [2.05, 4.69) is 10.1 Å². The Bertz CT molecular complexity index is 982. The molecule has 0 radical (unpaired) electrons. The van der Waals surface area contributed by atoms with Gasteiger partial charge in [0, 0.05) is 17.7 Å². The number of rotatable bonds is 7. The van der Waals surface area contributed by atoms with Gasteiger partial charge in [0.1, 0.15) is 5.75 Å². The standard InChI is InChI=1S/C22H23F3N2O3/c1-13(2)29-19-9-8-17(11-18(19)22(23,24)25)20-26-21(30-27-20)16-6-4-15(5-7-16)10-14(3)12-28/h4-9,11,13-14,28H,10,12H2,1-3H3. The summed E-state index contributed by atoms with van der Waals surface area (Å²) in [4.78, 5) is 4.25. The van der Waals surface area contributed by atoms with E-state index in [4.69, 9.17) is 14.4 Å². The van der Waals surface area contributed by atoms with Gasteiger partial charge in [0.05, 0.1) is 11.7 Å². The molecule has 2 aromatic carbocycles. The Labute approximate surface area is 172 Å². The molecule has 0 saturated heterocycles. The minimum absolute atomic E-state index is 0.0598. The van der Waals surface area contributed by atoms with E-state index < -0.39 is 17.8 Å². The van der Waals surface area contributed by atoms with Crippen molar-refractivity contribution < 1.29 is 27.5 Å². The van der Waals surface area contributed by atoms with Crippen molar-refractivity contribution in [1.82, 2.24) is 10.1 Å². The van der Waals surface area contributed by atoms with Crippen LogP contribution in [-0.2, 0) is 12.6 Å². The van der Waals surface area contributed by atoms with Crippen LogP contribution in [0.2, 0.25) is 0 Å². The summed E-state index contributed by atoms with van der Waals surface area (Å²) in [7, 11) is 0. The van der Waals surface area contributed by atoms with Crippen molar-refractivity contribution in [2.75, 3.05) is 6.61 Å². The largest absolute Gasteiger partial charge is 0.490 e. The van der Waals surface area contributed by atoms with Crippen LogP contribution in [0.5, 0.6) is 5.75 Å². The molecule has 0 amide bonds. The quantitative estimate of drug-likeness (QED) is 0.556. The first kappa shape index (κ1) is 21.8. The molecular formula is C22H23F3N2O3. The Morgan fingerprint density at radius 1 is 1.03 bits per heavy atom. The molecule has 1 unspecified atom stereocenters. The minimum atomic E-state index is -4.58. The zero-order chi connectivity index (χ0) is 21.9. The lowest BCUT2D eigenvalue weighted by molar-refractivity contribution is -0.139. The highest BCUT2D eigenvalue weighted by molar-refractivity contribution is 5.62. The van der Waals surface area contributed by atoms with Crippen LogP contribution >= 0.6 is 0 Å². The maximum atomic E-state index is 13.5. The van der Waals surface area contributed by atoms with Crippen molar-refractivity contribution in [3.63, 3.8) is 0 Å². The van der Waals surface area contributed by atoms with Gasteiger partial charge in [-0.15, -0.1) is 0 Å². The van der Waals surface area contributed by atoms with Crippen molar-refractivity contribution in [1.29, 1.82) is 0 Å². The summed E-state index contributed by atoms with van der Waals surface area (Å²) in [6.45, 7) is 5.38. The van der Waals surface area contributed by atoms with Gasteiger partial charge in [-0.2, -0.15) is 18.2 Å². The van der Waals surface area contributed by atoms with Gasteiger partial charge in [-0.05, 0) is 62.1 Å². The molecule has 0 bridgehead atoms. The Balaban J connectivity index is 1.87. The number of ether oxygens (including phenoxy) is 1. The molecule has 1 heterocycles. The second-order valence-corrected chi connectivity index (χ2v) is 7.49. The second-order valence-electron chi connectivity index (χ2n) is 7.49. The second kappa shape index (κ2) is 8.87.